The largest absolute Gasteiger partial charge is 0.357 e. The Balaban J connectivity index is 1.51. The van der Waals surface area contributed by atoms with E-state index in [1.54, 1.807) is 0 Å². The van der Waals surface area contributed by atoms with Gasteiger partial charge in [-0.15, -0.1) is 0 Å². The first-order valence-electron chi connectivity index (χ1n) is 9.53. The van der Waals surface area contributed by atoms with E-state index in [4.69, 9.17) is 0 Å². The fourth-order valence-corrected chi connectivity index (χ4v) is 3.24. The van der Waals surface area contributed by atoms with Gasteiger partial charge in [0.2, 0.25) is 0 Å². The summed E-state index contributed by atoms with van der Waals surface area (Å²) in [4.78, 5) is 19.1. The predicted molar refractivity (Wildman–Crippen MR) is 103 cm³/mol. The molecule has 0 atom stereocenters. The van der Waals surface area contributed by atoms with Gasteiger partial charge in [0.15, 0.2) is 0 Å². The van der Waals surface area contributed by atoms with E-state index in [1.807, 2.05) is 24.4 Å². The van der Waals surface area contributed by atoms with Crippen molar-refractivity contribution < 1.29 is 4.79 Å². The van der Waals surface area contributed by atoms with E-state index in [0.29, 0.717) is 18.2 Å². The van der Waals surface area contributed by atoms with Gasteiger partial charge in [-0.25, -0.2) is 4.98 Å². The summed E-state index contributed by atoms with van der Waals surface area (Å²) in [5.41, 5.74) is 2.42. The number of amides is 1. The molecule has 0 aliphatic carbocycles. The summed E-state index contributed by atoms with van der Waals surface area (Å²) in [6.45, 7) is 9.19. The Morgan fingerprint density at radius 3 is 2.77 bits per heavy atom. The molecule has 0 spiro atoms. The quantitative estimate of drug-likeness (QED) is 0.835. The molecular formula is C20H29N5O. The maximum absolute atomic E-state index is 12.2. The number of anilines is 1. The molecule has 3 rings (SSSR count). The Morgan fingerprint density at radius 2 is 2.12 bits per heavy atom. The molecule has 2 N–H and O–H groups in total. The van der Waals surface area contributed by atoms with Gasteiger partial charge in [-0.3, -0.25) is 9.89 Å². The van der Waals surface area contributed by atoms with E-state index in [1.165, 1.54) is 12.8 Å². The van der Waals surface area contributed by atoms with Crippen LogP contribution in [0, 0.1) is 11.8 Å². The van der Waals surface area contributed by atoms with Crippen molar-refractivity contribution in [3.05, 3.63) is 41.3 Å². The van der Waals surface area contributed by atoms with Crippen molar-refractivity contribution in [1.29, 1.82) is 0 Å². The number of pyridine rings is 1. The van der Waals surface area contributed by atoms with Crippen LogP contribution < -0.4 is 10.2 Å². The SMILES string of the molecule is CC(C)Cc1cc(C(=O)NCc2ccc(N3CCC(C)CC3)nc2)n[nH]1. The summed E-state index contributed by atoms with van der Waals surface area (Å²) in [5.74, 6) is 2.20. The van der Waals surface area contributed by atoms with E-state index in [0.717, 1.165) is 42.5 Å². The Morgan fingerprint density at radius 1 is 1.35 bits per heavy atom. The monoisotopic (exact) mass is 355 g/mol. The third-order valence-electron chi connectivity index (χ3n) is 4.86. The molecule has 6 nitrogen and oxygen atoms in total. The van der Waals surface area contributed by atoms with Gasteiger partial charge in [-0.05, 0) is 48.8 Å². The molecule has 140 valence electrons. The maximum atomic E-state index is 12.2. The van der Waals surface area contributed by atoms with Crippen LogP contribution >= 0.6 is 0 Å². The van der Waals surface area contributed by atoms with E-state index in [9.17, 15) is 4.79 Å². The topological polar surface area (TPSA) is 73.9 Å². The summed E-state index contributed by atoms with van der Waals surface area (Å²) in [6, 6.07) is 5.91. The fraction of sp³-hybridized carbons (Fsp3) is 0.550. The molecule has 1 fully saturated rings. The number of piperidine rings is 1. The van der Waals surface area contributed by atoms with Crippen molar-refractivity contribution >= 4 is 11.7 Å². The van der Waals surface area contributed by atoms with Crippen molar-refractivity contribution in [2.45, 2.75) is 46.6 Å². The molecule has 1 amide bonds. The molecule has 0 bridgehead atoms. The molecule has 1 aliphatic heterocycles. The van der Waals surface area contributed by atoms with Crippen molar-refractivity contribution in [3.8, 4) is 0 Å². The number of rotatable bonds is 6. The van der Waals surface area contributed by atoms with Gasteiger partial charge >= 0.3 is 0 Å². The number of H-pyrrole nitrogens is 1. The predicted octanol–water partition coefficient (Wildman–Crippen LogP) is 3.17. The number of carbonyl (C=O) groups is 1. The minimum absolute atomic E-state index is 0.162. The van der Waals surface area contributed by atoms with Crippen LogP contribution in [-0.2, 0) is 13.0 Å². The lowest BCUT2D eigenvalue weighted by atomic mass is 9.99. The smallest absolute Gasteiger partial charge is 0.272 e. The highest BCUT2D eigenvalue weighted by molar-refractivity contribution is 5.92. The highest BCUT2D eigenvalue weighted by atomic mass is 16.1. The van der Waals surface area contributed by atoms with Crippen LogP contribution in [0.2, 0.25) is 0 Å². The highest BCUT2D eigenvalue weighted by Crippen LogP contribution is 2.21. The van der Waals surface area contributed by atoms with E-state index < -0.39 is 0 Å². The first-order chi connectivity index (χ1) is 12.5. The first-order valence-corrected chi connectivity index (χ1v) is 9.53. The Bertz CT molecular complexity index is 714. The average Bonchev–Trinajstić information content (AvgIpc) is 3.09. The zero-order chi connectivity index (χ0) is 18.5. The van der Waals surface area contributed by atoms with Crippen LogP contribution in [0.15, 0.2) is 24.4 Å². The van der Waals surface area contributed by atoms with E-state index in [-0.39, 0.29) is 5.91 Å². The van der Waals surface area contributed by atoms with Gasteiger partial charge in [-0.1, -0.05) is 26.8 Å². The Kier molecular flexibility index (Phi) is 5.91. The summed E-state index contributed by atoms with van der Waals surface area (Å²) < 4.78 is 0. The molecule has 2 aromatic heterocycles. The molecule has 1 saturated heterocycles. The maximum Gasteiger partial charge on any atom is 0.272 e. The van der Waals surface area contributed by atoms with Crippen LogP contribution in [0.25, 0.3) is 0 Å². The standard InChI is InChI=1S/C20H29N5O/c1-14(2)10-17-11-18(24-23-17)20(26)22-13-16-4-5-19(21-12-16)25-8-6-15(3)7-9-25/h4-5,11-12,14-15H,6-10,13H2,1-3H3,(H,22,26)(H,23,24). The summed E-state index contributed by atoms with van der Waals surface area (Å²) in [5, 5.41) is 9.95. The second kappa shape index (κ2) is 8.34. The van der Waals surface area contributed by atoms with Gasteiger partial charge in [0, 0.05) is 31.5 Å². The molecular weight excluding hydrogens is 326 g/mol. The second-order valence-corrected chi connectivity index (χ2v) is 7.75. The number of aromatic amines is 1. The lowest BCUT2D eigenvalue weighted by Crippen LogP contribution is -2.33. The van der Waals surface area contributed by atoms with Gasteiger partial charge < -0.3 is 10.2 Å². The van der Waals surface area contributed by atoms with Crippen molar-refractivity contribution in [2.24, 2.45) is 11.8 Å². The van der Waals surface area contributed by atoms with Crippen LogP contribution in [0.1, 0.15) is 55.4 Å². The van der Waals surface area contributed by atoms with Gasteiger partial charge in [0.05, 0.1) is 0 Å². The van der Waals surface area contributed by atoms with Crippen LogP contribution in [0.4, 0.5) is 5.82 Å². The molecule has 26 heavy (non-hydrogen) atoms. The molecule has 0 unspecified atom stereocenters. The minimum atomic E-state index is -0.162. The summed E-state index contributed by atoms with van der Waals surface area (Å²) >= 11 is 0. The number of nitrogens with zero attached hydrogens (tertiary/aromatic N) is 3. The Hall–Kier alpha value is -2.37. The molecule has 3 heterocycles. The third-order valence-corrected chi connectivity index (χ3v) is 4.86. The fourth-order valence-electron chi connectivity index (χ4n) is 3.24. The molecule has 0 radical (unpaired) electrons. The minimum Gasteiger partial charge on any atom is -0.357 e. The van der Waals surface area contributed by atoms with Crippen molar-refractivity contribution in [2.75, 3.05) is 18.0 Å². The van der Waals surface area contributed by atoms with Crippen LogP contribution in [0.5, 0.6) is 0 Å². The van der Waals surface area contributed by atoms with Crippen molar-refractivity contribution in [3.63, 3.8) is 0 Å². The lowest BCUT2D eigenvalue weighted by Gasteiger charge is -2.31. The van der Waals surface area contributed by atoms with Gasteiger partial charge in [0.25, 0.3) is 5.91 Å². The van der Waals surface area contributed by atoms with Crippen molar-refractivity contribution in [1.82, 2.24) is 20.5 Å². The van der Waals surface area contributed by atoms with Crippen LogP contribution in [-0.4, -0.2) is 34.2 Å². The van der Waals surface area contributed by atoms with Gasteiger partial charge in [-0.2, -0.15) is 5.10 Å². The molecule has 1 aliphatic rings. The summed E-state index contributed by atoms with van der Waals surface area (Å²) in [7, 11) is 0. The van der Waals surface area contributed by atoms with Crippen LogP contribution in [0.3, 0.4) is 0 Å². The highest BCUT2D eigenvalue weighted by Gasteiger charge is 2.17. The molecule has 0 saturated carbocycles. The first kappa shape index (κ1) is 18.4. The third kappa shape index (κ3) is 4.84. The molecule has 2 aromatic rings. The lowest BCUT2D eigenvalue weighted by molar-refractivity contribution is 0.0946. The zero-order valence-corrected chi connectivity index (χ0v) is 16.0. The van der Waals surface area contributed by atoms with E-state index in [2.05, 4.69) is 46.2 Å². The zero-order valence-electron chi connectivity index (χ0n) is 16.0. The summed E-state index contributed by atoms with van der Waals surface area (Å²) in [6.07, 6.45) is 5.19. The van der Waals surface area contributed by atoms with Gasteiger partial charge in [0.1, 0.15) is 11.5 Å². The number of aromatic nitrogens is 3. The number of hydrogen-bond acceptors (Lipinski definition) is 4. The Labute approximate surface area is 155 Å². The average molecular weight is 355 g/mol. The second-order valence-electron chi connectivity index (χ2n) is 7.75. The number of hydrogen-bond donors (Lipinski definition) is 2. The normalized spacial score (nSPS) is 15.5. The number of nitrogens with one attached hydrogen (secondary N) is 2. The molecule has 6 heteroatoms. The number of carbonyl (C=O) groups excluding carboxylic acids is 1. The molecule has 0 aromatic carbocycles. The van der Waals surface area contributed by atoms with E-state index >= 15 is 0 Å².